The average Bonchev–Trinajstić information content (AvgIpc) is 3.08. The van der Waals surface area contributed by atoms with Crippen LogP contribution in [0.4, 0.5) is 5.69 Å². The Morgan fingerprint density at radius 2 is 1.52 bits per heavy atom. The van der Waals surface area contributed by atoms with Crippen LogP contribution in [0.3, 0.4) is 0 Å². The summed E-state index contributed by atoms with van der Waals surface area (Å²) < 4.78 is 65.3. The van der Waals surface area contributed by atoms with Gasteiger partial charge < -0.3 is 4.90 Å². The van der Waals surface area contributed by atoms with E-state index in [4.69, 9.17) is 28.2 Å². The van der Waals surface area contributed by atoms with Crippen LogP contribution in [-0.4, -0.2) is 46.4 Å². The standard InChI is InChI=1S/C34H26Cl2N6O5S3/c1-40(2)23-16-18-41(19-17-23)34(38-49(44,45)25-14-12-22(35)13-15-25)39-50(46,47)31-20-27(28(36)21-30(31)48)32-37-29-11-7-6-10-26(29)33(43)42(32)24-8-4-3-5-9-24/h3-21H,1-2H3,(H-,37,38,39,43,48). The Balaban J connectivity index is 1.55. The topological polar surface area (TPSA) is 137 Å². The van der Waals surface area contributed by atoms with Gasteiger partial charge in [0, 0.05) is 47.7 Å². The zero-order valence-corrected chi connectivity index (χ0v) is 30.3. The van der Waals surface area contributed by atoms with Gasteiger partial charge in [-0.25, -0.2) is 4.98 Å². The van der Waals surface area contributed by atoms with Gasteiger partial charge in [0.15, 0.2) is 0 Å². The maximum Gasteiger partial charge on any atom is 0.286 e. The second-order valence-electron chi connectivity index (χ2n) is 11.0. The van der Waals surface area contributed by atoms with Crippen LogP contribution in [0.1, 0.15) is 0 Å². The van der Waals surface area contributed by atoms with Gasteiger partial charge in [0.25, 0.3) is 31.6 Å². The summed E-state index contributed by atoms with van der Waals surface area (Å²) in [6.45, 7) is 0. The van der Waals surface area contributed by atoms with Crippen LogP contribution < -0.4 is 15.0 Å². The number of hydrogen-bond donors (Lipinski definition) is 1. The molecule has 0 atom stereocenters. The zero-order chi connectivity index (χ0) is 35.8. The van der Waals surface area contributed by atoms with Gasteiger partial charge in [-0.1, -0.05) is 53.5 Å². The molecule has 6 rings (SSSR count). The smallest absolute Gasteiger partial charge is 0.286 e. The van der Waals surface area contributed by atoms with Gasteiger partial charge in [0.05, 0.1) is 26.5 Å². The fourth-order valence-electron chi connectivity index (χ4n) is 4.94. The van der Waals surface area contributed by atoms with Gasteiger partial charge in [0.2, 0.25) is 0 Å². The van der Waals surface area contributed by atoms with Gasteiger partial charge in [-0.05, 0) is 72.8 Å². The summed E-state index contributed by atoms with van der Waals surface area (Å²) in [5.74, 6) is -0.623. The van der Waals surface area contributed by atoms with Crippen LogP contribution in [0, 0.1) is 0 Å². The fourth-order valence-corrected chi connectivity index (χ4v) is 7.95. The summed E-state index contributed by atoms with van der Waals surface area (Å²) in [6.07, 6.45) is 2.86. The molecule has 0 radical (unpaired) electrons. The molecule has 2 heterocycles. The van der Waals surface area contributed by atoms with Gasteiger partial charge in [-0.2, -0.15) is 16.8 Å². The number of sulfonamides is 2. The predicted octanol–water partition coefficient (Wildman–Crippen LogP) is 6.36. The third-order valence-electron chi connectivity index (χ3n) is 7.43. The van der Waals surface area contributed by atoms with Crippen LogP contribution in [0.15, 0.2) is 139 Å². The third kappa shape index (κ3) is 7.11. The molecule has 50 heavy (non-hydrogen) atoms. The number of aromatic nitrogens is 3. The van der Waals surface area contributed by atoms with E-state index in [0.29, 0.717) is 21.6 Å². The van der Waals surface area contributed by atoms with Crippen molar-refractivity contribution in [3.05, 3.63) is 141 Å². The highest BCUT2D eigenvalue weighted by molar-refractivity contribution is 7.95. The maximum absolute atomic E-state index is 14.1. The van der Waals surface area contributed by atoms with Crippen molar-refractivity contribution in [3.63, 3.8) is 0 Å². The lowest BCUT2D eigenvalue weighted by Gasteiger charge is -2.17. The Morgan fingerprint density at radius 3 is 2.18 bits per heavy atom. The van der Waals surface area contributed by atoms with Crippen molar-refractivity contribution in [3.8, 4) is 17.1 Å². The Labute approximate surface area is 303 Å². The Kier molecular flexibility index (Phi) is 9.75. The number of anilines is 1. The molecule has 0 fully saturated rings. The summed E-state index contributed by atoms with van der Waals surface area (Å²) in [5.41, 5.74) is 1.25. The predicted molar refractivity (Wildman–Crippen MR) is 198 cm³/mol. The number of thiol groups is 1. The SMILES string of the molecule is CN(C)c1cc[n+](/C(=N\S(=O)(=O)c2cc(-c3nc4ccccc4c(=O)n3-c3ccccc3)c(Cl)cc2S)[N-]S(=O)(=O)c2ccc(Cl)cc2)cc1. The lowest BCUT2D eigenvalue weighted by molar-refractivity contribution is -0.553. The number of halogens is 2. The molecule has 254 valence electrons. The molecule has 0 aliphatic rings. The van der Waals surface area contributed by atoms with Gasteiger partial charge in [-0.15, -0.1) is 21.7 Å². The van der Waals surface area contributed by atoms with E-state index in [2.05, 4.69) is 21.7 Å². The van der Waals surface area contributed by atoms with E-state index >= 15 is 0 Å². The minimum Gasteiger partial charge on any atom is -0.378 e. The van der Waals surface area contributed by atoms with E-state index in [1.165, 1.54) is 53.4 Å². The number of rotatable bonds is 7. The van der Waals surface area contributed by atoms with Crippen molar-refractivity contribution in [2.75, 3.05) is 19.0 Å². The number of fused-ring (bicyclic) bond motifs is 1. The Hall–Kier alpha value is -4.73. The lowest BCUT2D eigenvalue weighted by atomic mass is 10.1. The molecule has 0 aliphatic carbocycles. The Bertz CT molecular complexity index is 2560. The van der Waals surface area contributed by atoms with Crippen LogP contribution in [-0.2, 0) is 20.0 Å². The molecule has 0 saturated heterocycles. The molecule has 2 aromatic heterocycles. The number of hydrogen-bond acceptors (Lipinski definition) is 8. The fraction of sp³-hybridized carbons (Fsp3) is 0.0588. The maximum atomic E-state index is 14.1. The first-order valence-corrected chi connectivity index (χ1v) is 18.7. The highest BCUT2D eigenvalue weighted by Crippen LogP contribution is 2.35. The number of pyridine rings is 1. The molecule has 0 N–H and O–H groups in total. The molecule has 0 saturated carbocycles. The summed E-state index contributed by atoms with van der Waals surface area (Å²) in [6, 6.07) is 26.4. The van der Waals surface area contributed by atoms with Crippen LogP contribution in [0.2, 0.25) is 10.0 Å². The molecule has 16 heteroatoms. The highest BCUT2D eigenvalue weighted by Gasteiger charge is 2.27. The second kappa shape index (κ2) is 13.9. The average molecular weight is 766 g/mol. The quantitative estimate of drug-likeness (QED) is 0.0865. The molecule has 0 aliphatic heterocycles. The first-order chi connectivity index (χ1) is 23.7. The normalized spacial score (nSPS) is 12.2. The summed E-state index contributed by atoms with van der Waals surface area (Å²) >= 11 is 17.1. The van der Waals surface area contributed by atoms with E-state index in [0.717, 1.165) is 10.3 Å². The molecule has 4 aromatic carbocycles. The molecule has 11 nitrogen and oxygen atoms in total. The van der Waals surface area contributed by atoms with Crippen molar-refractivity contribution in [2.24, 2.45) is 4.40 Å². The minimum absolute atomic E-state index is 0.0497. The van der Waals surface area contributed by atoms with E-state index in [1.54, 1.807) is 71.6 Å². The third-order valence-corrected chi connectivity index (χ3v) is 11.1. The van der Waals surface area contributed by atoms with Crippen molar-refractivity contribution in [1.29, 1.82) is 0 Å². The lowest BCUT2D eigenvalue weighted by Crippen LogP contribution is -2.43. The van der Waals surface area contributed by atoms with E-state index in [1.807, 2.05) is 14.1 Å². The first-order valence-electron chi connectivity index (χ1n) is 14.6. The van der Waals surface area contributed by atoms with Crippen molar-refractivity contribution >= 4 is 78.4 Å². The van der Waals surface area contributed by atoms with Gasteiger partial charge in [-0.3, -0.25) is 13.9 Å². The van der Waals surface area contributed by atoms with Gasteiger partial charge in [0.1, 0.15) is 10.7 Å². The molecule has 6 aromatic rings. The van der Waals surface area contributed by atoms with E-state index in [9.17, 15) is 21.6 Å². The summed E-state index contributed by atoms with van der Waals surface area (Å²) in [5, 5.41) is 0.686. The van der Waals surface area contributed by atoms with Gasteiger partial charge >= 0.3 is 0 Å². The first kappa shape index (κ1) is 35.1. The molecular formula is C34H26Cl2N6O5S3. The molecular weight excluding hydrogens is 740 g/mol. The Morgan fingerprint density at radius 1 is 0.880 bits per heavy atom. The monoisotopic (exact) mass is 764 g/mol. The van der Waals surface area contributed by atoms with Crippen molar-refractivity contribution in [2.45, 2.75) is 14.7 Å². The summed E-state index contributed by atoms with van der Waals surface area (Å²) in [7, 11) is -5.64. The van der Waals surface area contributed by atoms with Crippen molar-refractivity contribution in [1.82, 2.24) is 9.55 Å². The van der Waals surface area contributed by atoms with E-state index in [-0.39, 0.29) is 26.2 Å². The molecule has 0 bridgehead atoms. The minimum atomic E-state index is -4.78. The van der Waals surface area contributed by atoms with Crippen molar-refractivity contribution < 1.29 is 21.4 Å². The largest absolute Gasteiger partial charge is 0.378 e. The molecule has 0 unspecified atom stereocenters. The number of nitrogens with zero attached hydrogens (tertiary/aromatic N) is 6. The summed E-state index contributed by atoms with van der Waals surface area (Å²) in [4.78, 5) is 19.6. The number of benzene rings is 4. The van der Waals surface area contributed by atoms with E-state index < -0.39 is 36.5 Å². The van der Waals surface area contributed by atoms with Crippen LogP contribution >= 0.6 is 35.8 Å². The van der Waals surface area contributed by atoms with Crippen LogP contribution in [0.25, 0.3) is 32.7 Å². The number of para-hydroxylation sites is 2. The van der Waals surface area contributed by atoms with Crippen LogP contribution in [0.5, 0.6) is 0 Å². The second-order valence-corrected chi connectivity index (χ2v) is 15.5. The molecule has 0 spiro atoms. The zero-order valence-electron chi connectivity index (χ0n) is 26.2. The molecule has 0 amide bonds. The highest BCUT2D eigenvalue weighted by atomic mass is 35.5.